The van der Waals surface area contributed by atoms with Crippen molar-refractivity contribution in [2.24, 2.45) is 5.92 Å². The number of nitrogens with one attached hydrogen (secondary N) is 2. The predicted octanol–water partition coefficient (Wildman–Crippen LogP) is 3.06. The van der Waals surface area contributed by atoms with Crippen LogP contribution in [0.3, 0.4) is 0 Å². The van der Waals surface area contributed by atoms with Crippen LogP contribution >= 0.6 is 11.6 Å². The quantitative estimate of drug-likeness (QED) is 0.782. The van der Waals surface area contributed by atoms with Crippen LogP contribution in [-0.2, 0) is 6.54 Å². The molecule has 1 atom stereocenters. The monoisotopic (exact) mass is 254 g/mol. The third-order valence-corrected chi connectivity index (χ3v) is 2.97. The Hall–Kier alpha value is -0.570. The van der Waals surface area contributed by atoms with E-state index in [9.17, 15) is 0 Å². The zero-order valence-corrected chi connectivity index (χ0v) is 11.7. The molecule has 1 rings (SSSR count). The highest BCUT2D eigenvalue weighted by Crippen LogP contribution is 2.14. The first-order valence-electron chi connectivity index (χ1n) is 6.27. The fraction of sp³-hybridized carbons (Fsp3) is 0.571. The molecule has 0 fully saturated rings. The van der Waals surface area contributed by atoms with E-state index in [1.165, 1.54) is 0 Å². The van der Waals surface area contributed by atoms with Gasteiger partial charge in [-0.25, -0.2) is 0 Å². The Labute approximate surface area is 110 Å². The first kappa shape index (κ1) is 14.5. The molecule has 2 nitrogen and oxygen atoms in total. The Balaban J connectivity index is 2.24. The fourth-order valence-corrected chi connectivity index (χ4v) is 1.79. The molecule has 0 aliphatic heterocycles. The number of halogens is 1. The van der Waals surface area contributed by atoms with Gasteiger partial charge in [0.15, 0.2) is 0 Å². The van der Waals surface area contributed by atoms with Crippen molar-refractivity contribution < 1.29 is 0 Å². The van der Waals surface area contributed by atoms with E-state index in [1.807, 2.05) is 18.2 Å². The lowest BCUT2D eigenvalue weighted by Crippen LogP contribution is -2.37. The molecule has 3 heteroatoms. The van der Waals surface area contributed by atoms with Gasteiger partial charge in [0.1, 0.15) is 0 Å². The van der Waals surface area contributed by atoms with E-state index < -0.39 is 0 Å². The molecule has 1 aromatic carbocycles. The molecule has 0 radical (unpaired) electrons. The fourth-order valence-electron chi connectivity index (χ4n) is 1.59. The van der Waals surface area contributed by atoms with Crippen LogP contribution < -0.4 is 10.6 Å². The Kier molecular flexibility index (Phi) is 6.56. The standard InChI is InChI=1S/C14H23ClN2/c1-11(2)8-16-9-12(3)17-10-13-6-4-5-7-14(13)15/h4-7,11-12,16-17H,8-10H2,1-3H3. The lowest BCUT2D eigenvalue weighted by Gasteiger charge is -2.16. The van der Waals surface area contributed by atoms with Gasteiger partial charge in [-0.3, -0.25) is 0 Å². The molecule has 0 saturated heterocycles. The van der Waals surface area contributed by atoms with E-state index in [4.69, 9.17) is 11.6 Å². The minimum Gasteiger partial charge on any atom is -0.315 e. The lowest BCUT2D eigenvalue weighted by molar-refractivity contribution is 0.472. The van der Waals surface area contributed by atoms with Gasteiger partial charge in [-0.15, -0.1) is 0 Å². The van der Waals surface area contributed by atoms with Crippen molar-refractivity contribution in [2.45, 2.75) is 33.4 Å². The zero-order chi connectivity index (χ0) is 12.7. The maximum absolute atomic E-state index is 6.10. The second-order valence-corrected chi connectivity index (χ2v) is 5.33. The van der Waals surface area contributed by atoms with E-state index in [-0.39, 0.29) is 0 Å². The Morgan fingerprint density at radius 3 is 2.47 bits per heavy atom. The van der Waals surface area contributed by atoms with Gasteiger partial charge in [0.05, 0.1) is 0 Å². The van der Waals surface area contributed by atoms with Crippen molar-refractivity contribution >= 4 is 11.6 Å². The predicted molar refractivity (Wildman–Crippen MR) is 75.5 cm³/mol. The summed E-state index contributed by atoms with van der Waals surface area (Å²) in [4.78, 5) is 0. The number of rotatable bonds is 7. The highest BCUT2D eigenvalue weighted by Gasteiger charge is 2.03. The van der Waals surface area contributed by atoms with Crippen LogP contribution in [0.1, 0.15) is 26.3 Å². The molecule has 0 spiro atoms. The highest BCUT2D eigenvalue weighted by molar-refractivity contribution is 6.31. The molecule has 0 heterocycles. The zero-order valence-electron chi connectivity index (χ0n) is 11.0. The van der Waals surface area contributed by atoms with Gasteiger partial charge in [-0.2, -0.15) is 0 Å². The first-order valence-corrected chi connectivity index (χ1v) is 6.65. The number of benzene rings is 1. The SMILES string of the molecule is CC(C)CNCC(C)NCc1ccccc1Cl. The molecular formula is C14H23ClN2. The maximum Gasteiger partial charge on any atom is 0.0450 e. The molecule has 0 amide bonds. The Bertz CT molecular complexity index is 326. The van der Waals surface area contributed by atoms with E-state index in [0.717, 1.165) is 30.2 Å². The topological polar surface area (TPSA) is 24.1 Å². The molecule has 1 aromatic rings. The maximum atomic E-state index is 6.10. The molecule has 0 aliphatic rings. The van der Waals surface area contributed by atoms with Crippen molar-refractivity contribution in [2.75, 3.05) is 13.1 Å². The molecule has 96 valence electrons. The van der Waals surface area contributed by atoms with Crippen molar-refractivity contribution in [1.29, 1.82) is 0 Å². The van der Waals surface area contributed by atoms with Crippen LogP contribution in [0.25, 0.3) is 0 Å². The summed E-state index contributed by atoms with van der Waals surface area (Å²) in [5.41, 5.74) is 1.16. The highest BCUT2D eigenvalue weighted by atomic mass is 35.5. The smallest absolute Gasteiger partial charge is 0.0450 e. The molecule has 17 heavy (non-hydrogen) atoms. The van der Waals surface area contributed by atoms with Crippen molar-refractivity contribution in [3.63, 3.8) is 0 Å². The van der Waals surface area contributed by atoms with Gasteiger partial charge < -0.3 is 10.6 Å². The van der Waals surface area contributed by atoms with Gasteiger partial charge in [0, 0.05) is 24.2 Å². The summed E-state index contributed by atoms with van der Waals surface area (Å²) in [6.07, 6.45) is 0. The molecule has 1 unspecified atom stereocenters. The van der Waals surface area contributed by atoms with Crippen molar-refractivity contribution in [3.8, 4) is 0 Å². The average molecular weight is 255 g/mol. The van der Waals surface area contributed by atoms with Gasteiger partial charge in [0.25, 0.3) is 0 Å². The first-order chi connectivity index (χ1) is 8.09. The van der Waals surface area contributed by atoms with Gasteiger partial charge in [0.2, 0.25) is 0 Å². The molecule has 0 aromatic heterocycles. The van der Waals surface area contributed by atoms with Gasteiger partial charge >= 0.3 is 0 Å². The summed E-state index contributed by atoms with van der Waals surface area (Å²) in [5.74, 6) is 0.700. The van der Waals surface area contributed by atoms with Crippen LogP contribution in [0.5, 0.6) is 0 Å². The Morgan fingerprint density at radius 2 is 1.82 bits per heavy atom. The van der Waals surface area contributed by atoms with Crippen LogP contribution in [0.4, 0.5) is 0 Å². The minimum absolute atomic E-state index is 0.449. The van der Waals surface area contributed by atoms with Gasteiger partial charge in [-0.1, -0.05) is 43.6 Å². The van der Waals surface area contributed by atoms with Crippen molar-refractivity contribution in [3.05, 3.63) is 34.9 Å². The Morgan fingerprint density at radius 1 is 1.12 bits per heavy atom. The average Bonchev–Trinajstić information content (AvgIpc) is 2.27. The summed E-state index contributed by atoms with van der Waals surface area (Å²) in [6, 6.07) is 8.42. The van der Waals surface area contributed by atoms with E-state index >= 15 is 0 Å². The molecular weight excluding hydrogens is 232 g/mol. The minimum atomic E-state index is 0.449. The molecule has 0 bridgehead atoms. The largest absolute Gasteiger partial charge is 0.315 e. The van der Waals surface area contributed by atoms with Gasteiger partial charge in [-0.05, 0) is 31.0 Å². The summed E-state index contributed by atoms with van der Waals surface area (Å²) >= 11 is 6.10. The van der Waals surface area contributed by atoms with Crippen LogP contribution in [0.2, 0.25) is 5.02 Å². The van der Waals surface area contributed by atoms with E-state index in [1.54, 1.807) is 0 Å². The molecule has 2 N–H and O–H groups in total. The third-order valence-electron chi connectivity index (χ3n) is 2.60. The second-order valence-electron chi connectivity index (χ2n) is 4.93. The lowest BCUT2D eigenvalue weighted by atomic mass is 10.2. The van der Waals surface area contributed by atoms with Crippen LogP contribution in [0, 0.1) is 5.92 Å². The molecule has 0 saturated carbocycles. The van der Waals surface area contributed by atoms with Crippen LogP contribution in [0.15, 0.2) is 24.3 Å². The summed E-state index contributed by atoms with van der Waals surface area (Å²) in [7, 11) is 0. The third kappa shape index (κ3) is 6.06. The normalized spacial score (nSPS) is 13.0. The summed E-state index contributed by atoms with van der Waals surface area (Å²) < 4.78 is 0. The van der Waals surface area contributed by atoms with Crippen molar-refractivity contribution in [1.82, 2.24) is 10.6 Å². The number of hydrogen-bond acceptors (Lipinski definition) is 2. The summed E-state index contributed by atoms with van der Waals surface area (Å²) in [5, 5.41) is 7.74. The van der Waals surface area contributed by atoms with Crippen LogP contribution in [-0.4, -0.2) is 19.1 Å². The number of hydrogen-bond donors (Lipinski definition) is 2. The van der Waals surface area contributed by atoms with E-state index in [0.29, 0.717) is 12.0 Å². The molecule has 0 aliphatic carbocycles. The van der Waals surface area contributed by atoms with E-state index in [2.05, 4.69) is 37.5 Å². The second kappa shape index (κ2) is 7.70. The summed E-state index contributed by atoms with van der Waals surface area (Å²) in [6.45, 7) is 9.50.